The molecule has 92 valence electrons. The molecule has 4 nitrogen and oxygen atoms in total. The topological polar surface area (TPSA) is 61.7 Å². The van der Waals surface area contributed by atoms with Crippen LogP contribution in [-0.2, 0) is 4.79 Å². The predicted molar refractivity (Wildman–Crippen MR) is 68.2 cm³/mol. The van der Waals surface area contributed by atoms with E-state index < -0.39 is 6.04 Å². The van der Waals surface area contributed by atoms with Gasteiger partial charge in [0.2, 0.25) is 5.91 Å². The molecular weight excluding hydrogens is 216 g/mol. The molecule has 1 atom stereocenters. The third-order valence-electron chi connectivity index (χ3n) is 2.23. The molecule has 0 saturated heterocycles. The normalized spacial score (nSPS) is 12.6. The van der Waals surface area contributed by atoms with Crippen LogP contribution < -0.4 is 5.32 Å². The second kappa shape index (κ2) is 7.57. The van der Waals surface area contributed by atoms with Gasteiger partial charge in [0, 0.05) is 12.8 Å². The molecule has 0 aromatic heterocycles. The van der Waals surface area contributed by atoms with Gasteiger partial charge in [0.15, 0.2) is 6.04 Å². The minimum absolute atomic E-state index is 0.235. The quantitative estimate of drug-likeness (QED) is 0.721. The van der Waals surface area contributed by atoms with Crippen molar-refractivity contribution in [3.05, 3.63) is 35.9 Å². The molecule has 0 saturated carbocycles. The van der Waals surface area contributed by atoms with Crippen molar-refractivity contribution >= 4 is 12.1 Å². The van der Waals surface area contributed by atoms with Gasteiger partial charge in [-0.2, -0.15) is 0 Å². The van der Waals surface area contributed by atoms with Crippen LogP contribution in [0.5, 0.6) is 0 Å². The van der Waals surface area contributed by atoms with Gasteiger partial charge < -0.3 is 10.4 Å². The number of nitrogens with zero attached hydrogens (tertiary/aromatic N) is 1. The number of hydrogen-bond donors (Lipinski definition) is 2. The molecule has 1 amide bonds. The fraction of sp³-hybridized carbons (Fsp3) is 0.385. The van der Waals surface area contributed by atoms with Gasteiger partial charge in [-0.05, 0) is 12.0 Å². The number of rotatable bonds is 6. The van der Waals surface area contributed by atoms with Crippen molar-refractivity contribution in [2.45, 2.75) is 19.4 Å². The lowest BCUT2D eigenvalue weighted by Crippen LogP contribution is -2.36. The molecule has 1 aromatic carbocycles. The van der Waals surface area contributed by atoms with Crippen LogP contribution >= 0.6 is 0 Å². The fourth-order valence-corrected chi connectivity index (χ4v) is 1.28. The maximum atomic E-state index is 11.6. The molecule has 2 N–H and O–H groups in total. The van der Waals surface area contributed by atoms with Crippen molar-refractivity contribution in [3.63, 3.8) is 0 Å². The molecular formula is C13H18N2O2. The number of benzene rings is 1. The van der Waals surface area contributed by atoms with E-state index in [1.807, 2.05) is 37.3 Å². The summed E-state index contributed by atoms with van der Waals surface area (Å²) >= 11 is 0. The van der Waals surface area contributed by atoms with E-state index in [9.17, 15) is 4.79 Å². The van der Waals surface area contributed by atoms with Crippen molar-refractivity contribution in [1.29, 1.82) is 0 Å². The molecule has 4 heteroatoms. The largest absolute Gasteiger partial charge is 0.394 e. The molecule has 0 aliphatic carbocycles. The maximum absolute atomic E-state index is 11.6. The van der Waals surface area contributed by atoms with Crippen LogP contribution in [0, 0.1) is 0 Å². The van der Waals surface area contributed by atoms with Crippen molar-refractivity contribution in [2.75, 3.05) is 13.2 Å². The van der Waals surface area contributed by atoms with Gasteiger partial charge in [0.1, 0.15) is 0 Å². The fourth-order valence-electron chi connectivity index (χ4n) is 1.28. The Labute approximate surface area is 101 Å². The Bertz CT molecular complexity index is 363. The highest BCUT2D eigenvalue weighted by Gasteiger charge is 2.14. The van der Waals surface area contributed by atoms with Crippen LogP contribution in [0.25, 0.3) is 0 Å². The molecule has 17 heavy (non-hydrogen) atoms. The van der Waals surface area contributed by atoms with Gasteiger partial charge in [-0.1, -0.05) is 37.3 Å². The summed E-state index contributed by atoms with van der Waals surface area (Å²) in [4.78, 5) is 15.6. The number of aliphatic hydroxyl groups excluding tert-OH is 1. The summed E-state index contributed by atoms with van der Waals surface area (Å²) in [5, 5.41) is 11.8. The maximum Gasteiger partial charge on any atom is 0.247 e. The average molecular weight is 234 g/mol. The summed E-state index contributed by atoms with van der Waals surface area (Å²) in [6, 6.07) is 8.76. The highest BCUT2D eigenvalue weighted by Crippen LogP contribution is 1.97. The number of aliphatic imine (C=N–C) groups is 1. The molecule has 0 aliphatic rings. The monoisotopic (exact) mass is 234 g/mol. The Morgan fingerprint density at radius 2 is 2.18 bits per heavy atom. The van der Waals surface area contributed by atoms with E-state index in [0.29, 0.717) is 6.54 Å². The number of nitrogens with one attached hydrogen (secondary N) is 1. The van der Waals surface area contributed by atoms with Crippen LogP contribution in [0.4, 0.5) is 0 Å². The van der Waals surface area contributed by atoms with Crippen LogP contribution in [0.3, 0.4) is 0 Å². The molecule has 0 spiro atoms. The molecule has 0 unspecified atom stereocenters. The first-order valence-corrected chi connectivity index (χ1v) is 5.74. The van der Waals surface area contributed by atoms with E-state index in [1.54, 1.807) is 6.21 Å². The molecule has 0 heterocycles. The van der Waals surface area contributed by atoms with Gasteiger partial charge >= 0.3 is 0 Å². The molecule has 0 radical (unpaired) electrons. The molecule has 1 aromatic rings. The number of carbonyl (C=O) groups is 1. The number of hydrogen-bond acceptors (Lipinski definition) is 3. The standard InChI is InChI=1S/C13H18N2O2/c1-2-8-14-13(17)12(10-16)15-9-11-6-4-3-5-7-11/h3-7,9,12,16H,2,8,10H2,1H3,(H,14,17)/b15-9+/t12-/m0/s1. The Morgan fingerprint density at radius 3 is 2.76 bits per heavy atom. The minimum Gasteiger partial charge on any atom is -0.394 e. The van der Waals surface area contributed by atoms with E-state index >= 15 is 0 Å². The molecule has 0 fully saturated rings. The Kier molecular flexibility index (Phi) is 5.96. The summed E-state index contributed by atoms with van der Waals surface area (Å²) in [7, 11) is 0. The summed E-state index contributed by atoms with van der Waals surface area (Å²) in [6.07, 6.45) is 2.47. The lowest BCUT2D eigenvalue weighted by Gasteiger charge is -2.09. The van der Waals surface area contributed by atoms with E-state index in [2.05, 4.69) is 10.3 Å². The third-order valence-corrected chi connectivity index (χ3v) is 2.23. The molecule has 1 rings (SSSR count). The Hall–Kier alpha value is -1.68. The van der Waals surface area contributed by atoms with Gasteiger partial charge in [0.25, 0.3) is 0 Å². The SMILES string of the molecule is CCCNC(=O)[C@H](CO)/N=C/c1ccccc1. The third kappa shape index (κ3) is 4.78. The van der Waals surface area contributed by atoms with Crippen molar-refractivity contribution in [2.24, 2.45) is 4.99 Å². The smallest absolute Gasteiger partial charge is 0.247 e. The number of amides is 1. The van der Waals surface area contributed by atoms with Gasteiger partial charge in [-0.3, -0.25) is 9.79 Å². The second-order valence-electron chi connectivity index (χ2n) is 3.68. The van der Waals surface area contributed by atoms with Crippen LogP contribution in [0.2, 0.25) is 0 Å². The Balaban J connectivity index is 2.57. The van der Waals surface area contributed by atoms with Gasteiger partial charge in [-0.25, -0.2) is 0 Å². The Morgan fingerprint density at radius 1 is 1.47 bits per heavy atom. The first-order valence-electron chi connectivity index (χ1n) is 5.74. The van der Waals surface area contributed by atoms with Crippen molar-refractivity contribution in [3.8, 4) is 0 Å². The summed E-state index contributed by atoms with van der Waals surface area (Å²) in [5.74, 6) is -0.235. The van der Waals surface area contributed by atoms with E-state index in [0.717, 1.165) is 12.0 Å². The second-order valence-corrected chi connectivity index (χ2v) is 3.68. The van der Waals surface area contributed by atoms with Crippen molar-refractivity contribution < 1.29 is 9.90 Å². The van der Waals surface area contributed by atoms with Crippen molar-refractivity contribution in [1.82, 2.24) is 5.32 Å². The first kappa shape index (κ1) is 13.4. The lowest BCUT2D eigenvalue weighted by molar-refractivity contribution is -0.123. The van der Waals surface area contributed by atoms with E-state index in [1.165, 1.54) is 0 Å². The summed E-state index contributed by atoms with van der Waals surface area (Å²) in [6.45, 7) is 2.30. The van der Waals surface area contributed by atoms with Gasteiger partial charge in [-0.15, -0.1) is 0 Å². The minimum atomic E-state index is -0.721. The van der Waals surface area contributed by atoms with Crippen LogP contribution in [-0.4, -0.2) is 36.4 Å². The van der Waals surface area contributed by atoms with E-state index in [-0.39, 0.29) is 12.5 Å². The number of aliphatic hydroxyl groups is 1. The average Bonchev–Trinajstić information content (AvgIpc) is 2.38. The number of carbonyl (C=O) groups excluding carboxylic acids is 1. The van der Waals surface area contributed by atoms with Crippen LogP contribution in [0.15, 0.2) is 35.3 Å². The molecule has 0 aliphatic heterocycles. The summed E-state index contributed by atoms with van der Waals surface area (Å²) in [5.41, 5.74) is 0.911. The highest BCUT2D eigenvalue weighted by atomic mass is 16.3. The zero-order chi connectivity index (χ0) is 12.5. The van der Waals surface area contributed by atoms with Crippen LogP contribution in [0.1, 0.15) is 18.9 Å². The van der Waals surface area contributed by atoms with E-state index in [4.69, 9.17) is 5.11 Å². The lowest BCUT2D eigenvalue weighted by atomic mass is 10.2. The summed E-state index contributed by atoms with van der Waals surface area (Å²) < 4.78 is 0. The zero-order valence-corrected chi connectivity index (χ0v) is 9.97. The zero-order valence-electron chi connectivity index (χ0n) is 9.97. The highest BCUT2D eigenvalue weighted by molar-refractivity contribution is 5.86. The predicted octanol–water partition coefficient (Wildman–Crippen LogP) is 0.993. The molecule has 0 bridgehead atoms. The van der Waals surface area contributed by atoms with Gasteiger partial charge in [0.05, 0.1) is 6.61 Å². The first-order chi connectivity index (χ1) is 8.27.